The molecule has 0 bridgehead atoms. The number of nitrogens with one attached hydrogen (secondary N) is 1. The van der Waals surface area contributed by atoms with Crippen molar-refractivity contribution in [3.05, 3.63) is 47.5 Å². The zero-order valence-electron chi connectivity index (χ0n) is 18.6. The lowest BCUT2D eigenvalue weighted by Crippen LogP contribution is -2.20. The molecule has 11 heteroatoms. The molecule has 5 rings (SSSR count). The number of hydrogen-bond acceptors (Lipinski definition) is 6. The van der Waals surface area contributed by atoms with E-state index in [4.69, 9.17) is 21.1 Å². The summed E-state index contributed by atoms with van der Waals surface area (Å²) in [6.45, 7) is 0.496. The number of fused-ring (bicyclic) bond motifs is 1. The number of pyridine rings is 1. The van der Waals surface area contributed by atoms with Gasteiger partial charge >= 0.3 is 0 Å². The smallest absolute Gasteiger partial charge is 0.295 e. The quantitative estimate of drug-likeness (QED) is 0.342. The molecule has 1 aliphatic heterocycles. The molecule has 1 saturated heterocycles. The van der Waals surface area contributed by atoms with E-state index >= 15 is 0 Å². The first-order valence-corrected chi connectivity index (χ1v) is 11.3. The van der Waals surface area contributed by atoms with E-state index in [9.17, 15) is 8.78 Å². The number of nitrogens with zero attached hydrogens (tertiary/aromatic N) is 5. The van der Waals surface area contributed by atoms with Gasteiger partial charge in [0.05, 0.1) is 24.2 Å². The van der Waals surface area contributed by atoms with Crippen LogP contribution in [0.25, 0.3) is 22.4 Å². The Morgan fingerprint density at radius 2 is 2.06 bits per heavy atom. The van der Waals surface area contributed by atoms with E-state index < -0.39 is 18.5 Å². The maximum atomic E-state index is 14.0. The number of halogens is 3. The number of imidazole rings is 1. The van der Waals surface area contributed by atoms with E-state index in [0.717, 1.165) is 24.1 Å². The summed E-state index contributed by atoms with van der Waals surface area (Å²) < 4.78 is 42.5. The average molecular weight is 489 g/mol. The van der Waals surface area contributed by atoms with Crippen molar-refractivity contribution in [2.24, 2.45) is 7.05 Å². The lowest BCUT2D eigenvalue weighted by Gasteiger charge is -2.25. The van der Waals surface area contributed by atoms with Gasteiger partial charge in [-0.05, 0) is 37.5 Å². The fraction of sp³-hybridized carbons (Fsp3) is 0.348. The fourth-order valence-electron chi connectivity index (χ4n) is 4.27. The van der Waals surface area contributed by atoms with Crippen molar-refractivity contribution in [1.82, 2.24) is 24.3 Å². The molecule has 0 aliphatic carbocycles. The summed E-state index contributed by atoms with van der Waals surface area (Å²) in [6, 6.07) is 9.01. The number of anilines is 2. The Morgan fingerprint density at radius 1 is 1.21 bits per heavy atom. The highest BCUT2D eigenvalue weighted by molar-refractivity contribution is 6.30. The van der Waals surface area contributed by atoms with Crippen LogP contribution in [0.2, 0.25) is 5.15 Å². The largest absolute Gasteiger partial charge is 0.494 e. The molecule has 0 saturated carbocycles. The summed E-state index contributed by atoms with van der Waals surface area (Å²) in [7, 11) is 3.40. The van der Waals surface area contributed by atoms with Crippen molar-refractivity contribution >= 4 is 34.1 Å². The number of ether oxygens (including phenoxy) is 2. The lowest BCUT2D eigenvalue weighted by molar-refractivity contribution is -0.0363. The number of alkyl halides is 2. The monoisotopic (exact) mass is 488 g/mol. The molecule has 8 nitrogen and oxygen atoms in total. The first-order chi connectivity index (χ1) is 16.5. The van der Waals surface area contributed by atoms with Crippen LogP contribution in [0.15, 0.2) is 36.5 Å². The Kier molecular flexibility index (Phi) is 6.09. The summed E-state index contributed by atoms with van der Waals surface area (Å²) in [5, 5.41) is 7.86. The maximum absolute atomic E-state index is 14.0. The van der Waals surface area contributed by atoms with Crippen LogP contribution in [0.4, 0.5) is 20.2 Å². The Labute approximate surface area is 199 Å². The summed E-state index contributed by atoms with van der Waals surface area (Å²) in [5.74, 6) is 0.153. The predicted octanol–water partition coefficient (Wildman–Crippen LogP) is 5.87. The zero-order chi connectivity index (χ0) is 23.8. The van der Waals surface area contributed by atoms with Crippen molar-refractivity contribution < 1.29 is 18.3 Å². The topological polar surface area (TPSA) is 79.0 Å². The molecule has 1 atom stereocenters. The SMILES string of the molecule is COc1c(Nc2cc(Cl)nc3c2nc(C(F)F)n3C2CCCCO2)cccc1-c1ccn(C)n1. The number of benzene rings is 1. The molecule has 0 amide bonds. The zero-order valence-corrected chi connectivity index (χ0v) is 19.4. The number of aromatic nitrogens is 5. The van der Waals surface area contributed by atoms with Crippen LogP contribution in [-0.2, 0) is 11.8 Å². The van der Waals surface area contributed by atoms with Gasteiger partial charge in [-0.25, -0.2) is 18.7 Å². The van der Waals surface area contributed by atoms with Gasteiger partial charge in [0.15, 0.2) is 17.2 Å². The molecule has 0 spiro atoms. The van der Waals surface area contributed by atoms with Crippen LogP contribution in [0.1, 0.15) is 37.7 Å². The highest BCUT2D eigenvalue weighted by Gasteiger charge is 2.29. The summed E-state index contributed by atoms with van der Waals surface area (Å²) in [6.07, 6.45) is 0.836. The second-order valence-corrected chi connectivity index (χ2v) is 8.40. The van der Waals surface area contributed by atoms with Crippen molar-refractivity contribution in [3.8, 4) is 17.0 Å². The molecule has 1 fully saturated rings. The Morgan fingerprint density at radius 3 is 2.74 bits per heavy atom. The van der Waals surface area contributed by atoms with Crippen molar-refractivity contribution in [3.63, 3.8) is 0 Å². The van der Waals surface area contributed by atoms with Crippen molar-refractivity contribution in [2.45, 2.75) is 31.9 Å². The Hall–Kier alpha value is -3.24. The van der Waals surface area contributed by atoms with Crippen LogP contribution in [0.5, 0.6) is 5.75 Å². The van der Waals surface area contributed by atoms with E-state index in [1.807, 2.05) is 37.5 Å². The van der Waals surface area contributed by atoms with Crippen molar-refractivity contribution in [2.75, 3.05) is 19.0 Å². The molecular formula is C23H23ClF2N6O2. The minimum absolute atomic E-state index is 0.146. The van der Waals surface area contributed by atoms with E-state index in [0.29, 0.717) is 30.2 Å². The van der Waals surface area contributed by atoms with Crippen LogP contribution in [0.3, 0.4) is 0 Å². The minimum Gasteiger partial charge on any atom is -0.494 e. The molecule has 1 N–H and O–H groups in total. The second-order valence-electron chi connectivity index (χ2n) is 8.01. The van der Waals surface area contributed by atoms with E-state index in [-0.39, 0.29) is 16.3 Å². The number of methoxy groups -OCH3 is 1. The third kappa shape index (κ3) is 4.07. The highest BCUT2D eigenvalue weighted by Crippen LogP contribution is 2.40. The molecule has 3 aromatic heterocycles. The molecule has 1 unspecified atom stereocenters. The maximum Gasteiger partial charge on any atom is 0.295 e. The van der Waals surface area contributed by atoms with Gasteiger partial charge in [-0.1, -0.05) is 17.7 Å². The third-order valence-corrected chi connectivity index (χ3v) is 5.95. The van der Waals surface area contributed by atoms with Gasteiger partial charge in [0, 0.05) is 31.5 Å². The van der Waals surface area contributed by atoms with E-state index in [1.54, 1.807) is 17.9 Å². The predicted molar refractivity (Wildman–Crippen MR) is 125 cm³/mol. The number of para-hydroxylation sites is 1. The Bertz CT molecular complexity index is 1330. The highest BCUT2D eigenvalue weighted by atomic mass is 35.5. The first kappa shape index (κ1) is 22.5. The minimum atomic E-state index is -2.80. The fourth-order valence-corrected chi connectivity index (χ4v) is 4.46. The second kappa shape index (κ2) is 9.19. The molecule has 34 heavy (non-hydrogen) atoms. The van der Waals surface area contributed by atoms with Crippen molar-refractivity contribution in [1.29, 1.82) is 0 Å². The van der Waals surface area contributed by atoms with Gasteiger partial charge in [0.25, 0.3) is 6.43 Å². The normalized spacial score (nSPS) is 16.4. The van der Waals surface area contributed by atoms with Crippen LogP contribution in [-0.4, -0.2) is 38.0 Å². The molecular weight excluding hydrogens is 466 g/mol. The molecule has 4 aromatic rings. The molecule has 1 aliphatic rings. The van der Waals surface area contributed by atoms with Gasteiger partial charge in [-0.3, -0.25) is 9.25 Å². The molecule has 178 valence electrons. The van der Waals surface area contributed by atoms with Crippen LogP contribution in [0, 0.1) is 0 Å². The third-order valence-electron chi connectivity index (χ3n) is 5.76. The molecule has 4 heterocycles. The first-order valence-electron chi connectivity index (χ1n) is 10.9. The van der Waals surface area contributed by atoms with E-state index in [2.05, 4.69) is 20.4 Å². The molecule has 0 radical (unpaired) electrons. The average Bonchev–Trinajstić information content (AvgIpc) is 3.43. The van der Waals surface area contributed by atoms with Gasteiger partial charge in [0.2, 0.25) is 0 Å². The van der Waals surface area contributed by atoms with Crippen LogP contribution < -0.4 is 10.1 Å². The molecule has 1 aromatic carbocycles. The number of hydrogen-bond donors (Lipinski definition) is 1. The number of aryl methyl sites for hydroxylation is 1. The van der Waals surface area contributed by atoms with E-state index in [1.165, 1.54) is 4.57 Å². The van der Waals surface area contributed by atoms with Gasteiger partial charge < -0.3 is 14.8 Å². The van der Waals surface area contributed by atoms with Gasteiger partial charge in [-0.15, -0.1) is 0 Å². The summed E-state index contributed by atoms with van der Waals surface area (Å²) >= 11 is 6.33. The summed E-state index contributed by atoms with van der Waals surface area (Å²) in [5.41, 5.74) is 3.08. The standard InChI is InChI=1S/C23H23ClF2N6O2/c1-31-10-9-14(30-31)13-6-5-7-15(20(13)33-2)27-16-12-17(24)28-22-19(16)29-23(21(25)26)32(22)18-8-3-4-11-34-18/h5-7,9-10,12,18,21H,3-4,8,11H2,1-2H3,(H,27,28). The number of rotatable bonds is 6. The van der Waals surface area contributed by atoms with Gasteiger partial charge in [0.1, 0.15) is 16.9 Å². The lowest BCUT2D eigenvalue weighted by atomic mass is 10.1. The Balaban J connectivity index is 1.63. The summed E-state index contributed by atoms with van der Waals surface area (Å²) in [4.78, 5) is 8.59. The van der Waals surface area contributed by atoms with Gasteiger partial charge in [-0.2, -0.15) is 5.10 Å². The van der Waals surface area contributed by atoms with Crippen LogP contribution >= 0.6 is 11.6 Å².